The average molecular weight is 250 g/mol. The molecule has 1 aliphatic rings. The van der Waals surface area contributed by atoms with Gasteiger partial charge in [0.1, 0.15) is 25.0 Å². The van der Waals surface area contributed by atoms with E-state index in [1.165, 1.54) is 37.3 Å². The van der Waals surface area contributed by atoms with Gasteiger partial charge in [-0.3, -0.25) is 0 Å². The summed E-state index contributed by atoms with van der Waals surface area (Å²) in [5, 5.41) is 10.0. The molecule has 0 saturated carbocycles. The second-order valence-corrected chi connectivity index (χ2v) is 5.25. The maximum atomic E-state index is 10.0. The highest BCUT2D eigenvalue weighted by Crippen LogP contribution is 2.16. The van der Waals surface area contributed by atoms with Gasteiger partial charge in [0.25, 0.3) is 0 Å². The minimum Gasteiger partial charge on any atom is -0.490 e. The van der Waals surface area contributed by atoms with Gasteiger partial charge in [-0.1, -0.05) is 18.2 Å². The zero-order valence-electron chi connectivity index (χ0n) is 11.2. The molecule has 0 aliphatic carbocycles. The molecule has 1 aromatic rings. The van der Waals surface area contributed by atoms with Crippen LogP contribution in [-0.4, -0.2) is 37.5 Å². The van der Waals surface area contributed by atoms with Crippen molar-refractivity contribution in [1.29, 1.82) is 0 Å². The number of hydrogen-bond donors (Lipinski definition) is 2. The minimum atomic E-state index is -0.363. The number of aliphatic hydroxyl groups excluding tert-OH is 1. The van der Waals surface area contributed by atoms with Gasteiger partial charge in [-0.2, -0.15) is 0 Å². The van der Waals surface area contributed by atoms with Gasteiger partial charge in [-0.25, -0.2) is 0 Å². The monoisotopic (exact) mass is 250 g/mol. The molecule has 1 atom stereocenters. The lowest BCUT2D eigenvalue weighted by molar-refractivity contribution is -0.908. The molecule has 3 heteroatoms. The Morgan fingerprint density at radius 2 is 1.94 bits per heavy atom. The molecule has 1 aliphatic heterocycles. The van der Waals surface area contributed by atoms with Crippen LogP contribution < -0.4 is 9.64 Å². The maximum Gasteiger partial charge on any atom is 0.137 e. The second kappa shape index (κ2) is 6.76. The fourth-order valence-corrected chi connectivity index (χ4v) is 2.55. The molecule has 3 nitrogen and oxygen atoms in total. The Morgan fingerprint density at radius 1 is 1.22 bits per heavy atom. The first-order valence-electron chi connectivity index (χ1n) is 6.96. The lowest BCUT2D eigenvalue weighted by Crippen LogP contribution is -3.14. The summed E-state index contributed by atoms with van der Waals surface area (Å²) in [5.41, 5.74) is 1.12. The lowest BCUT2D eigenvalue weighted by atomic mass is 10.1. The molecular formula is C15H24NO2+. The van der Waals surface area contributed by atoms with Crippen LogP contribution in [0.15, 0.2) is 24.3 Å². The third kappa shape index (κ3) is 4.00. The van der Waals surface area contributed by atoms with Gasteiger partial charge in [0.15, 0.2) is 0 Å². The zero-order chi connectivity index (χ0) is 12.8. The Morgan fingerprint density at radius 3 is 2.67 bits per heavy atom. The molecule has 2 rings (SSSR count). The van der Waals surface area contributed by atoms with Gasteiger partial charge in [-0.05, 0) is 37.8 Å². The molecule has 0 radical (unpaired) electrons. The van der Waals surface area contributed by atoms with Crippen molar-refractivity contribution in [3.05, 3.63) is 29.8 Å². The Bertz CT molecular complexity index is 361. The first-order chi connectivity index (χ1) is 8.75. The molecule has 1 fully saturated rings. The number of piperidine rings is 1. The Labute approximate surface area is 109 Å². The summed E-state index contributed by atoms with van der Waals surface area (Å²) in [6.45, 7) is 5.63. The van der Waals surface area contributed by atoms with Crippen LogP contribution in [0.3, 0.4) is 0 Å². The minimum absolute atomic E-state index is 0.363. The molecule has 2 N–H and O–H groups in total. The molecule has 0 spiro atoms. The van der Waals surface area contributed by atoms with Crippen molar-refractivity contribution in [3.8, 4) is 5.75 Å². The van der Waals surface area contributed by atoms with E-state index >= 15 is 0 Å². The summed E-state index contributed by atoms with van der Waals surface area (Å²) < 4.78 is 5.68. The van der Waals surface area contributed by atoms with E-state index in [1.807, 2.05) is 31.2 Å². The number of quaternary nitrogens is 1. The topological polar surface area (TPSA) is 33.9 Å². The van der Waals surface area contributed by atoms with E-state index in [4.69, 9.17) is 4.74 Å². The maximum absolute atomic E-state index is 10.0. The van der Waals surface area contributed by atoms with E-state index in [0.717, 1.165) is 17.9 Å². The highest BCUT2D eigenvalue weighted by atomic mass is 16.5. The fraction of sp³-hybridized carbons (Fsp3) is 0.600. The van der Waals surface area contributed by atoms with Crippen LogP contribution in [0, 0.1) is 6.92 Å². The lowest BCUT2D eigenvalue weighted by Gasteiger charge is -2.25. The largest absolute Gasteiger partial charge is 0.490 e. The number of rotatable bonds is 5. The summed E-state index contributed by atoms with van der Waals surface area (Å²) in [6.07, 6.45) is 3.57. The van der Waals surface area contributed by atoms with Gasteiger partial charge < -0.3 is 14.7 Å². The van der Waals surface area contributed by atoms with Crippen molar-refractivity contribution in [3.63, 3.8) is 0 Å². The number of likely N-dealkylation sites (tertiary alicyclic amines) is 1. The Kier molecular flexibility index (Phi) is 5.02. The van der Waals surface area contributed by atoms with Gasteiger partial charge in [0.05, 0.1) is 13.1 Å². The average Bonchev–Trinajstić information content (AvgIpc) is 2.39. The van der Waals surface area contributed by atoms with Crippen molar-refractivity contribution in [2.75, 3.05) is 26.2 Å². The number of nitrogens with one attached hydrogen (secondary N) is 1. The number of benzene rings is 1. The van der Waals surface area contributed by atoms with Gasteiger partial charge in [-0.15, -0.1) is 0 Å². The van der Waals surface area contributed by atoms with E-state index in [-0.39, 0.29) is 6.10 Å². The molecule has 1 heterocycles. The molecule has 0 aromatic heterocycles. The van der Waals surface area contributed by atoms with Crippen molar-refractivity contribution in [2.24, 2.45) is 0 Å². The van der Waals surface area contributed by atoms with Gasteiger partial charge in [0.2, 0.25) is 0 Å². The molecule has 18 heavy (non-hydrogen) atoms. The number of hydrogen-bond acceptors (Lipinski definition) is 2. The summed E-state index contributed by atoms with van der Waals surface area (Å²) in [7, 11) is 0. The molecule has 0 amide bonds. The normalized spacial score (nSPS) is 18.6. The summed E-state index contributed by atoms with van der Waals surface area (Å²) >= 11 is 0. The first kappa shape index (κ1) is 13.4. The SMILES string of the molecule is Cc1ccccc1OC[C@H](O)C[NH+]1CCCCC1. The van der Waals surface area contributed by atoms with Crippen molar-refractivity contribution < 1.29 is 14.7 Å². The van der Waals surface area contributed by atoms with Crippen LogP contribution in [0.2, 0.25) is 0 Å². The smallest absolute Gasteiger partial charge is 0.137 e. The van der Waals surface area contributed by atoms with Crippen LogP contribution in [0.5, 0.6) is 5.75 Å². The summed E-state index contributed by atoms with van der Waals surface area (Å²) in [4.78, 5) is 1.52. The summed E-state index contributed by atoms with van der Waals surface area (Å²) in [6, 6.07) is 7.94. The second-order valence-electron chi connectivity index (χ2n) is 5.25. The number of ether oxygens (including phenoxy) is 1. The molecule has 0 bridgehead atoms. The molecular weight excluding hydrogens is 226 g/mol. The third-order valence-corrected chi connectivity index (χ3v) is 3.61. The van der Waals surface area contributed by atoms with Crippen LogP contribution in [-0.2, 0) is 0 Å². The van der Waals surface area contributed by atoms with Crippen LogP contribution in [0.1, 0.15) is 24.8 Å². The number of aliphatic hydroxyl groups is 1. The van der Waals surface area contributed by atoms with E-state index < -0.39 is 0 Å². The number of para-hydroxylation sites is 1. The van der Waals surface area contributed by atoms with E-state index in [2.05, 4.69) is 0 Å². The predicted molar refractivity (Wildman–Crippen MR) is 72.1 cm³/mol. The quantitative estimate of drug-likeness (QED) is 0.810. The predicted octanol–water partition coefficient (Wildman–Crippen LogP) is 0.804. The van der Waals surface area contributed by atoms with E-state index in [0.29, 0.717) is 6.61 Å². The summed E-state index contributed by atoms with van der Waals surface area (Å²) in [5.74, 6) is 0.880. The van der Waals surface area contributed by atoms with E-state index in [9.17, 15) is 5.11 Å². The van der Waals surface area contributed by atoms with Crippen LogP contribution in [0.4, 0.5) is 0 Å². The molecule has 1 saturated heterocycles. The standard InChI is InChI=1S/C15H23NO2/c1-13-7-3-4-8-15(13)18-12-14(17)11-16-9-5-2-6-10-16/h3-4,7-8,14,17H,2,5-6,9-12H2,1H3/p+1/t14-/m1/s1. The van der Waals surface area contributed by atoms with Gasteiger partial charge >= 0.3 is 0 Å². The van der Waals surface area contributed by atoms with Crippen molar-refractivity contribution in [2.45, 2.75) is 32.3 Å². The third-order valence-electron chi connectivity index (χ3n) is 3.61. The van der Waals surface area contributed by atoms with Crippen molar-refractivity contribution in [1.82, 2.24) is 0 Å². The van der Waals surface area contributed by atoms with Gasteiger partial charge in [0, 0.05) is 0 Å². The Balaban J connectivity index is 1.74. The molecule has 100 valence electrons. The molecule has 0 unspecified atom stereocenters. The first-order valence-corrected chi connectivity index (χ1v) is 6.96. The number of aryl methyl sites for hydroxylation is 1. The Hall–Kier alpha value is -1.06. The zero-order valence-corrected chi connectivity index (χ0v) is 11.2. The van der Waals surface area contributed by atoms with Crippen LogP contribution >= 0.6 is 0 Å². The molecule has 1 aromatic carbocycles. The van der Waals surface area contributed by atoms with Crippen LogP contribution in [0.25, 0.3) is 0 Å². The highest BCUT2D eigenvalue weighted by molar-refractivity contribution is 5.31. The fourth-order valence-electron chi connectivity index (χ4n) is 2.55. The van der Waals surface area contributed by atoms with E-state index in [1.54, 1.807) is 0 Å². The van der Waals surface area contributed by atoms with Crippen molar-refractivity contribution >= 4 is 0 Å². The highest BCUT2D eigenvalue weighted by Gasteiger charge is 2.18.